The number of thioether (sulfide) groups is 1. The zero-order valence-corrected chi connectivity index (χ0v) is 21.7. The Morgan fingerprint density at radius 3 is 2.69 bits per heavy atom. The molecule has 4 heterocycles. The zero-order valence-electron chi connectivity index (χ0n) is 20.1. The maximum absolute atomic E-state index is 12.8. The van der Waals surface area contributed by atoms with E-state index in [-0.39, 0.29) is 6.09 Å². The maximum Gasteiger partial charge on any atom is 0.409 e. The topological polar surface area (TPSA) is 118 Å². The smallest absolute Gasteiger partial charge is 0.409 e. The Hall–Kier alpha value is -3.32. The van der Waals surface area contributed by atoms with Gasteiger partial charge in [-0.15, -0.1) is 11.3 Å². The molecule has 0 saturated carbocycles. The van der Waals surface area contributed by atoms with Crippen LogP contribution in [0.1, 0.15) is 13.3 Å². The quantitative estimate of drug-likeness (QED) is 0.287. The average molecular weight is 530 g/mol. The molecule has 1 N–H and O–H groups in total. The number of piperazine rings is 1. The van der Waals surface area contributed by atoms with E-state index in [1.54, 1.807) is 42.0 Å². The first kappa shape index (κ1) is 24.4. The van der Waals surface area contributed by atoms with Crippen molar-refractivity contribution in [2.24, 2.45) is 7.05 Å². The highest BCUT2D eigenvalue weighted by molar-refractivity contribution is 8.01. The Bertz CT molecular complexity index is 1480. The minimum atomic E-state index is -0.498. The van der Waals surface area contributed by atoms with Gasteiger partial charge in [-0.2, -0.15) is 4.98 Å². The molecule has 0 unspecified atom stereocenters. The monoisotopic (exact) mass is 529 g/mol. The number of imidazole rings is 1. The number of nitrogens with one attached hydrogen (secondary N) is 1. The van der Waals surface area contributed by atoms with Gasteiger partial charge in [-0.1, -0.05) is 23.9 Å². The van der Waals surface area contributed by atoms with Crippen LogP contribution in [0.4, 0.5) is 10.7 Å². The van der Waals surface area contributed by atoms with Gasteiger partial charge in [0.05, 0.1) is 16.8 Å². The summed E-state index contributed by atoms with van der Waals surface area (Å²) >= 11 is 3.37. The summed E-state index contributed by atoms with van der Waals surface area (Å²) in [5.41, 5.74) is 0.788. The van der Waals surface area contributed by atoms with E-state index in [2.05, 4.69) is 20.9 Å². The van der Waals surface area contributed by atoms with E-state index in [1.165, 1.54) is 4.57 Å². The van der Waals surface area contributed by atoms with E-state index in [4.69, 9.17) is 9.72 Å². The molecule has 1 saturated heterocycles. The summed E-state index contributed by atoms with van der Waals surface area (Å²) in [7, 11) is 1.60. The number of amides is 1. The first-order valence-corrected chi connectivity index (χ1v) is 13.6. The fourth-order valence-electron chi connectivity index (χ4n) is 4.28. The van der Waals surface area contributed by atoms with Crippen LogP contribution in [0.3, 0.4) is 0 Å². The second-order valence-corrected chi connectivity index (χ2v) is 10.7. The van der Waals surface area contributed by atoms with E-state index in [9.17, 15) is 14.4 Å². The third-order valence-electron chi connectivity index (χ3n) is 6.10. The van der Waals surface area contributed by atoms with Crippen LogP contribution in [0.15, 0.2) is 38.2 Å². The molecule has 0 aliphatic carbocycles. The number of rotatable bonds is 7. The highest BCUT2D eigenvalue weighted by atomic mass is 32.2. The molecule has 1 aromatic carbocycles. The third-order valence-corrected chi connectivity index (χ3v) is 8.37. The van der Waals surface area contributed by atoms with Crippen LogP contribution in [0.5, 0.6) is 0 Å². The van der Waals surface area contributed by atoms with Crippen molar-refractivity contribution in [2.45, 2.75) is 24.2 Å². The van der Waals surface area contributed by atoms with Crippen LogP contribution in [-0.4, -0.2) is 73.6 Å². The number of para-hydroxylation sites is 1. The van der Waals surface area contributed by atoms with Gasteiger partial charge in [0.2, 0.25) is 5.95 Å². The molecule has 1 aliphatic rings. The Labute approximate surface area is 214 Å². The lowest BCUT2D eigenvalue weighted by Gasteiger charge is -2.34. The van der Waals surface area contributed by atoms with Crippen LogP contribution in [0.2, 0.25) is 0 Å². The molecule has 0 bridgehead atoms. The fourth-order valence-corrected chi connectivity index (χ4v) is 6.34. The van der Waals surface area contributed by atoms with E-state index < -0.39 is 11.2 Å². The number of ether oxygens (including phenoxy) is 1. The molecule has 3 aromatic heterocycles. The second-order valence-electron chi connectivity index (χ2n) is 8.38. The minimum absolute atomic E-state index is 0.323. The number of nitrogens with zero attached hydrogens (tertiary/aromatic N) is 6. The normalized spacial score (nSPS) is 14.2. The molecule has 190 valence electrons. The standard InChI is InChI=1S/C23H27N7O4S2/c1-3-34-23(33)29-12-10-28(11-13-29)20-25-18-17(19(31)26-21(32)27(18)2)30(20)9-6-14-35-22-24-15-7-4-5-8-16(15)36-22/h4-5,7-8H,3,6,9-14H2,1-2H3,(H,26,31,32). The van der Waals surface area contributed by atoms with Crippen molar-refractivity contribution < 1.29 is 9.53 Å². The summed E-state index contributed by atoms with van der Waals surface area (Å²) in [6.45, 7) is 4.76. The Kier molecular flexibility index (Phi) is 7.01. The van der Waals surface area contributed by atoms with Gasteiger partial charge < -0.3 is 19.1 Å². The summed E-state index contributed by atoms with van der Waals surface area (Å²) in [5, 5.41) is 0. The number of hydrogen-bond acceptors (Lipinski definition) is 9. The number of aryl methyl sites for hydroxylation is 2. The van der Waals surface area contributed by atoms with E-state index >= 15 is 0 Å². The Morgan fingerprint density at radius 1 is 1.17 bits per heavy atom. The highest BCUT2D eigenvalue weighted by Gasteiger charge is 2.27. The number of thiazole rings is 1. The number of aromatic amines is 1. The molecule has 36 heavy (non-hydrogen) atoms. The number of carbonyl (C=O) groups is 1. The summed E-state index contributed by atoms with van der Waals surface area (Å²) in [4.78, 5) is 52.6. The number of benzene rings is 1. The van der Waals surface area contributed by atoms with Crippen LogP contribution in [0.25, 0.3) is 21.4 Å². The predicted octanol–water partition coefficient (Wildman–Crippen LogP) is 2.49. The van der Waals surface area contributed by atoms with Gasteiger partial charge in [0.15, 0.2) is 15.5 Å². The fraction of sp³-hybridized carbons (Fsp3) is 0.435. The molecule has 1 fully saturated rings. The van der Waals surface area contributed by atoms with Gasteiger partial charge in [0, 0.05) is 45.5 Å². The van der Waals surface area contributed by atoms with Crippen LogP contribution in [-0.2, 0) is 18.3 Å². The van der Waals surface area contributed by atoms with E-state index in [1.807, 2.05) is 22.8 Å². The summed E-state index contributed by atoms with van der Waals surface area (Å²) in [5.74, 6) is 1.45. The summed E-state index contributed by atoms with van der Waals surface area (Å²) < 4.78 is 10.6. The van der Waals surface area contributed by atoms with Gasteiger partial charge in [-0.05, 0) is 25.5 Å². The number of aromatic nitrogens is 5. The van der Waals surface area contributed by atoms with Crippen molar-refractivity contribution >= 4 is 56.5 Å². The lowest BCUT2D eigenvalue weighted by Crippen LogP contribution is -2.49. The Morgan fingerprint density at radius 2 is 1.94 bits per heavy atom. The van der Waals surface area contributed by atoms with Crippen LogP contribution >= 0.6 is 23.1 Å². The average Bonchev–Trinajstić information content (AvgIpc) is 3.47. The molecule has 5 rings (SSSR count). The number of hydrogen-bond donors (Lipinski definition) is 1. The van der Waals surface area contributed by atoms with Crippen molar-refractivity contribution in [3.05, 3.63) is 45.1 Å². The lowest BCUT2D eigenvalue weighted by atomic mass is 10.3. The molecule has 11 nitrogen and oxygen atoms in total. The highest BCUT2D eigenvalue weighted by Crippen LogP contribution is 2.30. The summed E-state index contributed by atoms with van der Waals surface area (Å²) in [6, 6.07) is 8.08. The maximum atomic E-state index is 12.8. The molecule has 4 aromatic rings. The molecule has 0 radical (unpaired) electrons. The van der Waals surface area contributed by atoms with Crippen molar-refractivity contribution in [2.75, 3.05) is 43.4 Å². The molecule has 1 amide bonds. The zero-order chi connectivity index (χ0) is 25.2. The van der Waals surface area contributed by atoms with Gasteiger partial charge in [0.1, 0.15) is 0 Å². The number of anilines is 1. The van der Waals surface area contributed by atoms with Crippen molar-refractivity contribution in [1.29, 1.82) is 0 Å². The number of H-pyrrole nitrogens is 1. The van der Waals surface area contributed by atoms with Crippen molar-refractivity contribution in [3.63, 3.8) is 0 Å². The molecule has 1 aliphatic heterocycles. The predicted molar refractivity (Wildman–Crippen MR) is 141 cm³/mol. The van der Waals surface area contributed by atoms with Gasteiger partial charge in [0.25, 0.3) is 5.56 Å². The minimum Gasteiger partial charge on any atom is -0.450 e. The van der Waals surface area contributed by atoms with Crippen LogP contribution in [0, 0.1) is 0 Å². The van der Waals surface area contributed by atoms with Gasteiger partial charge >= 0.3 is 11.8 Å². The first-order chi connectivity index (χ1) is 17.5. The van der Waals surface area contributed by atoms with Gasteiger partial charge in [-0.25, -0.2) is 14.6 Å². The largest absolute Gasteiger partial charge is 0.450 e. The third kappa shape index (κ3) is 4.72. The summed E-state index contributed by atoms with van der Waals surface area (Å²) in [6.07, 6.45) is 0.459. The van der Waals surface area contributed by atoms with Crippen LogP contribution < -0.4 is 16.1 Å². The van der Waals surface area contributed by atoms with Crippen molar-refractivity contribution in [3.8, 4) is 0 Å². The molecule has 0 atom stereocenters. The number of fused-ring (bicyclic) bond motifs is 2. The first-order valence-electron chi connectivity index (χ1n) is 11.8. The molecule has 13 heteroatoms. The Balaban J connectivity index is 1.36. The SMILES string of the molecule is CCOC(=O)N1CCN(c2nc3c(c(=O)[nH]c(=O)n3C)n2CCCSc2nc3ccccc3s2)CC1. The molecular weight excluding hydrogens is 502 g/mol. The molecule has 0 spiro atoms. The van der Waals surface area contributed by atoms with E-state index in [0.29, 0.717) is 56.4 Å². The van der Waals surface area contributed by atoms with E-state index in [0.717, 1.165) is 26.7 Å². The second kappa shape index (κ2) is 10.3. The molecular formula is C23H27N7O4S2. The lowest BCUT2D eigenvalue weighted by molar-refractivity contribution is 0.105. The van der Waals surface area contributed by atoms with Crippen molar-refractivity contribution in [1.82, 2.24) is 29.0 Å². The van der Waals surface area contributed by atoms with Gasteiger partial charge in [-0.3, -0.25) is 14.3 Å². The number of carbonyl (C=O) groups excluding carboxylic acids is 1.